The van der Waals surface area contributed by atoms with Crippen molar-refractivity contribution in [2.75, 3.05) is 35.7 Å². The van der Waals surface area contributed by atoms with Crippen LogP contribution in [0, 0.1) is 10.1 Å². The first-order chi connectivity index (χ1) is 13.5. The molecule has 0 saturated carbocycles. The second-order valence-electron chi connectivity index (χ2n) is 6.39. The molecule has 146 valence electrons. The van der Waals surface area contributed by atoms with Crippen LogP contribution in [0.3, 0.4) is 0 Å². The Morgan fingerprint density at radius 2 is 1.71 bits per heavy atom. The number of nitrogens with zero attached hydrogens (tertiary/aromatic N) is 2. The lowest BCUT2D eigenvalue weighted by molar-refractivity contribution is -0.384. The number of nitro groups is 1. The van der Waals surface area contributed by atoms with Gasteiger partial charge in [-0.15, -0.1) is 0 Å². The Morgan fingerprint density at radius 1 is 1.04 bits per heavy atom. The molecule has 0 aliphatic carbocycles. The highest BCUT2D eigenvalue weighted by Gasteiger charge is 2.22. The Balaban J connectivity index is 1.87. The summed E-state index contributed by atoms with van der Waals surface area (Å²) in [6, 6.07) is 10.6. The van der Waals surface area contributed by atoms with E-state index in [0.29, 0.717) is 17.1 Å². The first-order valence-electron chi connectivity index (χ1n) is 8.91. The number of rotatable bonds is 5. The summed E-state index contributed by atoms with van der Waals surface area (Å²) in [4.78, 5) is 37.0. The molecule has 3 amide bonds. The van der Waals surface area contributed by atoms with Gasteiger partial charge < -0.3 is 20.9 Å². The van der Waals surface area contributed by atoms with Crippen molar-refractivity contribution in [1.29, 1.82) is 0 Å². The highest BCUT2D eigenvalue weighted by atomic mass is 16.6. The van der Waals surface area contributed by atoms with Crippen LogP contribution < -0.4 is 20.9 Å². The zero-order chi connectivity index (χ0) is 20.1. The molecule has 28 heavy (non-hydrogen) atoms. The maximum atomic E-state index is 12.9. The summed E-state index contributed by atoms with van der Waals surface area (Å²) in [6.45, 7) is 1.62. The molecule has 0 atom stereocenters. The fourth-order valence-electron chi connectivity index (χ4n) is 3.12. The Kier molecular flexibility index (Phi) is 5.73. The summed E-state index contributed by atoms with van der Waals surface area (Å²) >= 11 is 0. The van der Waals surface area contributed by atoms with E-state index < -0.39 is 10.8 Å². The lowest BCUT2D eigenvalue weighted by atomic mass is 10.1. The topological polar surface area (TPSA) is 117 Å². The number of nitro benzene ring substituents is 1. The van der Waals surface area contributed by atoms with E-state index in [1.165, 1.54) is 19.2 Å². The Hall–Kier alpha value is -3.62. The van der Waals surface area contributed by atoms with Crippen LogP contribution in [0.1, 0.15) is 23.2 Å². The van der Waals surface area contributed by atoms with Crippen LogP contribution >= 0.6 is 0 Å². The summed E-state index contributed by atoms with van der Waals surface area (Å²) in [6.07, 6.45) is 2.04. The third-order valence-electron chi connectivity index (χ3n) is 4.49. The van der Waals surface area contributed by atoms with Crippen LogP contribution in [0.25, 0.3) is 0 Å². The fraction of sp³-hybridized carbons (Fsp3) is 0.263. The summed E-state index contributed by atoms with van der Waals surface area (Å²) < 4.78 is 0. The van der Waals surface area contributed by atoms with Crippen LogP contribution in [0.2, 0.25) is 0 Å². The smallest absolute Gasteiger partial charge is 0.318 e. The van der Waals surface area contributed by atoms with Gasteiger partial charge >= 0.3 is 6.03 Å². The molecule has 9 nitrogen and oxygen atoms in total. The van der Waals surface area contributed by atoms with Crippen molar-refractivity contribution in [3.8, 4) is 0 Å². The van der Waals surface area contributed by atoms with Crippen molar-refractivity contribution >= 4 is 34.7 Å². The number of hydrogen-bond acceptors (Lipinski definition) is 5. The summed E-state index contributed by atoms with van der Waals surface area (Å²) in [5.74, 6) is -0.442. The van der Waals surface area contributed by atoms with Crippen molar-refractivity contribution < 1.29 is 14.5 Å². The second-order valence-corrected chi connectivity index (χ2v) is 6.39. The molecule has 2 aromatic rings. The summed E-state index contributed by atoms with van der Waals surface area (Å²) in [5, 5.41) is 19.0. The molecule has 0 spiro atoms. The normalized spacial score (nSPS) is 13.1. The number of amides is 3. The van der Waals surface area contributed by atoms with Gasteiger partial charge in [-0.3, -0.25) is 14.9 Å². The van der Waals surface area contributed by atoms with Crippen molar-refractivity contribution in [2.24, 2.45) is 0 Å². The van der Waals surface area contributed by atoms with Crippen LogP contribution in [-0.2, 0) is 0 Å². The minimum absolute atomic E-state index is 0.136. The molecule has 2 aromatic carbocycles. The molecule has 1 aliphatic heterocycles. The average Bonchev–Trinajstić information content (AvgIpc) is 3.22. The van der Waals surface area contributed by atoms with Gasteiger partial charge in [0.2, 0.25) is 0 Å². The monoisotopic (exact) mass is 383 g/mol. The quantitative estimate of drug-likeness (QED) is 0.541. The van der Waals surface area contributed by atoms with E-state index in [1.54, 1.807) is 30.3 Å². The van der Waals surface area contributed by atoms with Gasteiger partial charge in [-0.05, 0) is 37.1 Å². The number of non-ortho nitro benzene ring substituents is 1. The van der Waals surface area contributed by atoms with Crippen molar-refractivity contribution in [1.82, 2.24) is 5.32 Å². The summed E-state index contributed by atoms with van der Waals surface area (Å²) in [5.41, 5.74) is 1.78. The predicted molar refractivity (Wildman–Crippen MR) is 107 cm³/mol. The van der Waals surface area contributed by atoms with Gasteiger partial charge in [-0.1, -0.05) is 6.07 Å². The number of nitrogens with one attached hydrogen (secondary N) is 3. The molecule has 0 aromatic heterocycles. The number of benzene rings is 2. The molecule has 3 N–H and O–H groups in total. The minimum Gasteiger partial charge on any atom is -0.371 e. The number of carbonyl (C=O) groups is 2. The highest BCUT2D eigenvalue weighted by Crippen LogP contribution is 2.29. The fourth-order valence-corrected chi connectivity index (χ4v) is 3.12. The van der Waals surface area contributed by atoms with E-state index in [2.05, 4.69) is 20.9 Å². The van der Waals surface area contributed by atoms with E-state index in [9.17, 15) is 19.7 Å². The largest absolute Gasteiger partial charge is 0.371 e. The highest BCUT2D eigenvalue weighted by molar-refractivity contribution is 6.09. The number of anilines is 3. The van der Waals surface area contributed by atoms with Crippen LogP contribution in [0.15, 0.2) is 42.5 Å². The van der Waals surface area contributed by atoms with Crippen LogP contribution in [0.5, 0.6) is 0 Å². The van der Waals surface area contributed by atoms with Gasteiger partial charge in [0.05, 0.1) is 16.2 Å². The standard InChI is InChI=1S/C19H21N5O4/c1-20-19(26)22-14-6-4-5-13(11-14)21-18(25)16-12-15(24(27)28)7-8-17(16)23-9-2-3-10-23/h4-8,11-12H,2-3,9-10H2,1H3,(H,21,25)(H2,20,22,26). The van der Waals surface area contributed by atoms with E-state index in [-0.39, 0.29) is 17.3 Å². The number of carbonyl (C=O) groups excluding carboxylic acids is 2. The predicted octanol–water partition coefficient (Wildman–Crippen LogP) is 3.20. The SMILES string of the molecule is CNC(=O)Nc1cccc(NC(=O)c2cc([N+](=O)[O-])ccc2N2CCCC2)c1. The third kappa shape index (κ3) is 4.37. The van der Waals surface area contributed by atoms with Gasteiger partial charge in [0.1, 0.15) is 0 Å². The maximum absolute atomic E-state index is 12.9. The van der Waals surface area contributed by atoms with Crippen molar-refractivity contribution in [3.63, 3.8) is 0 Å². The minimum atomic E-state index is -0.515. The number of urea groups is 1. The zero-order valence-electron chi connectivity index (χ0n) is 15.4. The molecule has 1 fully saturated rings. The molecule has 9 heteroatoms. The van der Waals surface area contributed by atoms with Crippen molar-refractivity contribution in [3.05, 3.63) is 58.1 Å². The molecule has 0 radical (unpaired) electrons. The average molecular weight is 383 g/mol. The van der Waals surface area contributed by atoms with E-state index in [1.807, 2.05) is 0 Å². The first-order valence-corrected chi connectivity index (χ1v) is 8.91. The van der Waals surface area contributed by atoms with Crippen LogP contribution in [0.4, 0.5) is 27.5 Å². The molecule has 1 aliphatic rings. The second kappa shape index (κ2) is 8.38. The molecule has 1 saturated heterocycles. The Bertz CT molecular complexity index is 909. The molecular weight excluding hydrogens is 362 g/mol. The molecule has 1 heterocycles. The Morgan fingerprint density at radius 3 is 2.36 bits per heavy atom. The molecule has 0 unspecified atom stereocenters. The zero-order valence-corrected chi connectivity index (χ0v) is 15.4. The van der Waals surface area contributed by atoms with E-state index in [4.69, 9.17) is 0 Å². The molecular formula is C19H21N5O4. The van der Waals surface area contributed by atoms with E-state index in [0.717, 1.165) is 25.9 Å². The third-order valence-corrected chi connectivity index (χ3v) is 4.49. The van der Waals surface area contributed by atoms with Gasteiger partial charge in [0.25, 0.3) is 11.6 Å². The van der Waals surface area contributed by atoms with Crippen LogP contribution in [-0.4, -0.2) is 37.0 Å². The van der Waals surface area contributed by atoms with Crippen molar-refractivity contribution in [2.45, 2.75) is 12.8 Å². The maximum Gasteiger partial charge on any atom is 0.318 e. The van der Waals surface area contributed by atoms with Gasteiger partial charge in [0, 0.05) is 43.6 Å². The lowest BCUT2D eigenvalue weighted by Crippen LogP contribution is -2.24. The van der Waals surface area contributed by atoms with Gasteiger partial charge in [-0.25, -0.2) is 4.79 Å². The van der Waals surface area contributed by atoms with Gasteiger partial charge in [-0.2, -0.15) is 0 Å². The first kappa shape index (κ1) is 19.2. The van der Waals surface area contributed by atoms with Gasteiger partial charge in [0.15, 0.2) is 0 Å². The summed E-state index contributed by atoms with van der Waals surface area (Å²) in [7, 11) is 1.50. The Labute approximate surface area is 161 Å². The molecule has 0 bridgehead atoms. The lowest BCUT2D eigenvalue weighted by Gasteiger charge is -2.21. The number of hydrogen-bond donors (Lipinski definition) is 3. The van der Waals surface area contributed by atoms with E-state index >= 15 is 0 Å². The molecule has 3 rings (SSSR count).